The minimum Gasteiger partial charge on any atom is -0.489 e. The number of benzene rings is 4. The van der Waals surface area contributed by atoms with Gasteiger partial charge < -0.3 is 14.8 Å². The molecule has 0 bridgehead atoms. The largest absolute Gasteiger partial charge is 0.489 e. The van der Waals surface area contributed by atoms with E-state index in [0.717, 1.165) is 28.0 Å². The highest BCUT2D eigenvalue weighted by Gasteiger charge is 2.35. The number of nitrogens with zero attached hydrogens (tertiary/aromatic N) is 3. The number of thioether (sulfide) groups is 1. The Kier molecular flexibility index (Phi) is 9.00. The molecule has 7 nitrogen and oxygen atoms in total. The number of allylic oxidation sites excluding steroid dienone is 1. The van der Waals surface area contributed by atoms with E-state index in [-0.39, 0.29) is 6.61 Å². The van der Waals surface area contributed by atoms with Crippen molar-refractivity contribution in [3.8, 4) is 5.75 Å². The maximum Gasteiger partial charge on any atom is 0.338 e. The van der Waals surface area contributed by atoms with Crippen LogP contribution in [-0.4, -0.2) is 20.7 Å². The van der Waals surface area contributed by atoms with Gasteiger partial charge in [-0.1, -0.05) is 108 Å². The van der Waals surface area contributed by atoms with Crippen molar-refractivity contribution in [3.05, 3.63) is 147 Å². The molecule has 0 fully saturated rings. The van der Waals surface area contributed by atoms with Crippen LogP contribution in [0.4, 0.5) is 5.95 Å². The Bertz CT molecular complexity index is 1800. The van der Waals surface area contributed by atoms with Crippen molar-refractivity contribution in [3.63, 3.8) is 0 Å². The summed E-state index contributed by atoms with van der Waals surface area (Å²) in [6, 6.07) is 32.7. The predicted molar refractivity (Wildman–Crippen MR) is 174 cm³/mol. The number of hydrogen-bond donors (Lipinski definition) is 1. The Hall–Kier alpha value is -4.53. The lowest BCUT2D eigenvalue weighted by Crippen LogP contribution is -2.29. The fourth-order valence-electron chi connectivity index (χ4n) is 5.00. The number of carbonyl (C=O) groups excluding carboxylic acids is 1. The number of nitrogens with one attached hydrogen (secondary N) is 1. The summed E-state index contributed by atoms with van der Waals surface area (Å²) in [6.45, 7) is 4.57. The molecule has 1 N–H and O–H groups in total. The summed E-state index contributed by atoms with van der Waals surface area (Å²) in [4.78, 5) is 18.4. The fourth-order valence-corrected chi connectivity index (χ4v) is 6.12. The van der Waals surface area contributed by atoms with E-state index in [1.54, 1.807) is 4.68 Å². The van der Waals surface area contributed by atoms with Crippen LogP contribution < -0.4 is 10.1 Å². The van der Waals surface area contributed by atoms with Gasteiger partial charge >= 0.3 is 5.97 Å². The van der Waals surface area contributed by atoms with Gasteiger partial charge in [0.25, 0.3) is 0 Å². The first-order chi connectivity index (χ1) is 21.5. The Morgan fingerprint density at radius 2 is 1.59 bits per heavy atom. The Labute approximate surface area is 265 Å². The zero-order valence-corrected chi connectivity index (χ0v) is 25.9. The minimum absolute atomic E-state index is 0.165. The lowest BCUT2D eigenvalue weighted by molar-refractivity contribution is -0.140. The van der Waals surface area contributed by atoms with Gasteiger partial charge in [0.2, 0.25) is 11.1 Å². The van der Waals surface area contributed by atoms with E-state index in [2.05, 4.69) is 24.4 Å². The third kappa shape index (κ3) is 6.67. The van der Waals surface area contributed by atoms with Crippen LogP contribution in [0.2, 0.25) is 5.02 Å². The molecule has 44 heavy (non-hydrogen) atoms. The highest BCUT2D eigenvalue weighted by Crippen LogP contribution is 2.38. The molecule has 5 aromatic rings. The molecule has 0 saturated heterocycles. The molecule has 222 valence electrons. The van der Waals surface area contributed by atoms with Crippen LogP contribution in [0.5, 0.6) is 5.75 Å². The second-order valence-electron chi connectivity index (χ2n) is 10.5. The molecule has 2 heterocycles. The van der Waals surface area contributed by atoms with E-state index >= 15 is 0 Å². The standard InChI is InChI=1S/C35H31ClN4O3S/c1-23-10-6-7-13-27(23)21-42-29-18-16-26(17-19-29)32-31(33(41)43-20-25-11-4-3-5-12-25)24(2)37-34-38-35(39-40(32)34)44-22-28-14-8-9-15-30(28)36/h3-19,32H,20-22H2,1-2H3,(H,37,38,39). The SMILES string of the molecule is CC1=C(C(=O)OCc2ccccc2)C(c2ccc(OCc3ccccc3C)cc2)n2nc(SCc3ccccc3Cl)nc2N1. The summed E-state index contributed by atoms with van der Waals surface area (Å²) in [7, 11) is 0. The van der Waals surface area contributed by atoms with Gasteiger partial charge in [-0.2, -0.15) is 4.98 Å². The Balaban J connectivity index is 1.27. The summed E-state index contributed by atoms with van der Waals surface area (Å²) in [5, 5.41) is 9.39. The number of ether oxygens (including phenoxy) is 2. The van der Waals surface area contributed by atoms with Gasteiger partial charge in [-0.3, -0.25) is 0 Å². The lowest BCUT2D eigenvalue weighted by Gasteiger charge is -2.28. The van der Waals surface area contributed by atoms with Crippen LogP contribution in [-0.2, 0) is 28.5 Å². The Morgan fingerprint density at radius 1 is 0.886 bits per heavy atom. The smallest absolute Gasteiger partial charge is 0.338 e. The summed E-state index contributed by atoms with van der Waals surface area (Å²) < 4.78 is 13.7. The minimum atomic E-state index is -0.554. The van der Waals surface area contributed by atoms with Crippen LogP contribution in [0, 0.1) is 6.92 Å². The summed E-state index contributed by atoms with van der Waals surface area (Å²) in [5.74, 6) is 1.47. The van der Waals surface area contributed by atoms with Crippen LogP contribution in [0.25, 0.3) is 0 Å². The van der Waals surface area contributed by atoms with E-state index in [0.29, 0.717) is 39.8 Å². The number of aryl methyl sites for hydroxylation is 1. The molecule has 1 unspecified atom stereocenters. The van der Waals surface area contributed by atoms with E-state index in [9.17, 15) is 4.79 Å². The number of hydrogen-bond acceptors (Lipinski definition) is 7. The quantitative estimate of drug-likeness (QED) is 0.124. The van der Waals surface area contributed by atoms with E-state index in [1.807, 2.05) is 97.9 Å². The number of halogens is 1. The van der Waals surface area contributed by atoms with Crippen molar-refractivity contribution >= 4 is 35.3 Å². The lowest BCUT2D eigenvalue weighted by atomic mass is 9.95. The number of carbonyl (C=O) groups is 1. The number of rotatable bonds is 10. The molecule has 1 aliphatic heterocycles. The third-order valence-electron chi connectivity index (χ3n) is 7.43. The van der Waals surface area contributed by atoms with Crippen molar-refractivity contribution in [1.29, 1.82) is 0 Å². The van der Waals surface area contributed by atoms with Crippen molar-refractivity contribution in [2.75, 3.05) is 5.32 Å². The second kappa shape index (κ2) is 13.4. The molecule has 0 amide bonds. The van der Waals surface area contributed by atoms with Crippen molar-refractivity contribution in [2.24, 2.45) is 0 Å². The summed E-state index contributed by atoms with van der Waals surface area (Å²) in [6.07, 6.45) is 0. The maximum atomic E-state index is 13.7. The van der Waals surface area contributed by atoms with E-state index in [1.165, 1.54) is 17.3 Å². The van der Waals surface area contributed by atoms with Crippen molar-refractivity contribution in [1.82, 2.24) is 14.8 Å². The number of esters is 1. The number of fused-ring (bicyclic) bond motifs is 1. The maximum absolute atomic E-state index is 13.7. The molecule has 1 atom stereocenters. The molecule has 9 heteroatoms. The van der Waals surface area contributed by atoms with Gasteiger partial charge in [-0.25, -0.2) is 9.48 Å². The summed E-state index contributed by atoms with van der Waals surface area (Å²) >= 11 is 7.86. The van der Waals surface area contributed by atoms with E-state index < -0.39 is 12.0 Å². The van der Waals surface area contributed by atoms with Crippen LogP contribution >= 0.6 is 23.4 Å². The van der Waals surface area contributed by atoms with Crippen molar-refractivity contribution in [2.45, 2.75) is 44.0 Å². The van der Waals surface area contributed by atoms with Gasteiger partial charge in [-0.15, -0.1) is 5.10 Å². The molecule has 0 aliphatic carbocycles. The normalized spacial score (nSPS) is 14.1. The molecule has 0 radical (unpaired) electrons. The van der Waals surface area contributed by atoms with E-state index in [4.69, 9.17) is 31.2 Å². The van der Waals surface area contributed by atoms with Crippen LogP contribution in [0.15, 0.2) is 120 Å². The van der Waals surface area contributed by atoms with Crippen LogP contribution in [0.3, 0.4) is 0 Å². The third-order valence-corrected chi connectivity index (χ3v) is 8.69. The van der Waals surface area contributed by atoms with Gasteiger partial charge in [0, 0.05) is 16.5 Å². The highest BCUT2D eigenvalue weighted by molar-refractivity contribution is 7.98. The highest BCUT2D eigenvalue weighted by atomic mass is 35.5. The molecule has 1 aromatic heterocycles. The van der Waals surface area contributed by atoms with Crippen LogP contribution in [0.1, 0.15) is 40.8 Å². The number of aromatic nitrogens is 3. The van der Waals surface area contributed by atoms with Gasteiger partial charge in [0.1, 0.15) is 25.0 Å². The molecule has 6 rings (SSSR count). The topological polar surface area (TPSA) is 78.3 Å². The molecular formula is C35H31ClN4O3S. The first kappa shape index (κ1) is 29.5. The molecule has 1 aliphatic rings. The van der Waals surface area contributed by atoms with Gasteiger partial charge in [0.05, 0.1) is 5.57 Å². The first-order valence-electron chi connectivity index (χ1n) is 14.2. The molecule has 4 aromatic carbocycles. The zero-order chi connectivity index (χ0) is 30.5. The molecule has 0 spiro atoms. The molecular weight excluding hydrogens is 592 g/mol. The number of anilines is 1. The molecule has 0 saturated carbocycles. The monoisotopic (exact) mass is 622 g/mol. The fraction of sp³-hybridized carbons (Fsp3) is 0.171. The van der Waals surface area contributed by atoms with Gasteiger partial charge in [0.15, 0.2) is 0 Å². The first-order valence-corrected chi connectivity index (χ1v) is 15.6. The van der Waals surface area contributed by atoms with Gasteiger partial charge in [-0.05, 0) is 59.9 Å². The van der Waals surface area contributed by atoms with Crippen molar-refractivity contribution < 1.29 is 14.3 Å². The second-order valence-corrected chi connectivity index (χ2v) is 11.8. The average molecular weight is 623 g/mol. The average Bonchev–Trinajstić information content (AvgIpc) is 3.45. The predicted octanol–water partition coefficient (Wildman–Crippen LogP) is 8.14. The zero-order valence-electron chi connectivity index (χ0n) is 24.4. The Morgan fingerprint density at radius 3 is 2.34 bits per heavy atom. The summed E-state index contributed by atoms with van der Waals surface area (Å²) in [5.41, 5.74) is 6.21.